The average molecular weight is 190 g/mol. The van der Waals surface area contributed by atoms with Gasteiger partial charge in [0.05, 0.1) is 6.54 Å². The summed E-state index contributed by atoms with van der Waals surface area (Å²) in [6, 6.07) is -0.905. The van der Waals surface area contributed by atoms with Crippen molar-refractivity contribution in [2.45, 2.75) is 25.6 Å². The van der Waals surface area contributed by atoms with Crippen LogP contribution in [0, 0.1) is 0 Å². The van der Waals surface area contributed by atoms with E-state index in [-0.39, 0.29) is 17.4 Å². The fourth-order valence-electron chi connectivity index (χ4n) is 1.88. The lowest BCUT2D eigenvalue weighted by atomic mass is 10.2. The molecule has 3 unspecified atom stereocenters. The number of hydrogen-bond acceptors (Lipinski definition) is 2. The monoisotopic (exact) mass is 190 g/mol. The Labute approximate surface area is 75.5 Å². The maximum Gasteiger partial charge on any atom is 0.363 e. The van der Waals surface area contributed by atoms with Gasteiger partial charge in [0.15, 0.2) is 12.2 Å². The first-order valence-corrected chi connectivity index (χ1v) is 4.25. The lowest BCUT2D eigenvalue weighted by Gasteiger charge is -2.29. The number of alkyl halides is 1. The molecule has 1 heterocycles. The van der Waals surface area contributed by atoms with Gasteiger partial charge in [0.25, 0.3) is 0 Å². The Hall–Kier alpha value is -0.970. The van der Waals surface area contributed by atoms with Gasteiger partial charge in [-0.3, -0.25) is 0 Å². The van der Waals surface area contributed by atoms with Crippen LogP contribution < -0.4 is 0 Å². The van der Waals surface area contributed by atoms with Crippen molar-refractivity contribution < 1.29 is 23.6 Å². The molecule has 0 radical (unpaired) electrons. The van der Waals surface area contributed by atoms with Crippen LogP contribution in [0.1, 0.15) is 13.3 Å². The van der Waals surface area contributed by atoms with Gasteiger partial charge < -0.3 is 5.11 Å². The molecule has 0 aliphatic carbocycles. The Morgan fingerprint density at radius 3 is 2.69 bits per heavy atom. The van der Waals surface area contributed by atoms with E-state index in [1.807, 2.05) is 0 Å². The SMILES string of the molecule is CC[N+]1(C=O)CC(F)CC1C(=O)O. The van der Waals surface area contributed by atoms with Crippen LogP contribution in [0.2, 0.25) is 0 Å². The Balaban J connectivity index is 2.92. The third-order valence-electron chi connectivity index (χ3n) is 2.72. The number of carboxylic acid groups (broad SMARTS) is 1. The molecule has 0 aromatic carbocycles. The second-order valence-electron chi connectivity index (χ2n) is 3.39. The van der Waals surface area contributed by atoms with Gasteiger partial charge in [-0.25, -0.2) is 18.5 Å². The molecule has 1 fully saturated rings. The zero-order chi connectivity index (χ0) is 10.1. The van der Waals surface area contributed by atoms with E-state index in [0.717, 1.165) is 0 Å². The van der Waals surface area contributed by atoms with E-state index in [1.165, 1.54) is 0 Å². The molecular formula is C8H13FNO3+. The van der Waals surface area contributed by atoms with Gasteiger partial charge in [-0.2, -0.15) is 0 Å². The third kappa shape index (κ3) is 1.56. The number of quaternary nitrogens is 1. The summed E-state index contributed by atoms with van der Waals surface area (Å²) in [5, 5.41) is 8.79. The molecule has 1 aliphatic rings. The summed E-state index contributed by atoms with van der Waals surface area (Å²) in [6.45, 7) is 2.03. The number of nitrogens with zero attached hydrogens (tertiary/aromatic N) is 1. The van der Waals surface area contributed by atoms with Crippen LogP contribution >= 0.6 is 0 Å². The van der Waals surface area contributed by atoms with Crippen LogP contribution in [-0.4, -0.2) is 47.3 Å². The van der Waals surface area contributed by atoms with Crippen molar-refractivity contribution >= 4 is 12.4 Å². The maximum absolute atomic E-state index is 13.0. The number of halogens is 1. The summed E-state index contributed by atoms with van der Waals surface area (Å²) in [5.41, 5.74) is 0. The highest BCUT2D eigenvalue weighted by Gasteiger charge is 2.50. The van der Waals surface area contributed by atoms with E-state index in [1.54, 1.807) is 6.92 Å². The average Bonchev–Trinajstić information content (AvgIpc) is 2.43. The number of aliphatic carboxylic acids is 1. The molecule has 1 aliphatic heterocycles. The van der Waals surface area contributed by atoms with E-state index < -0.39 is 18.2 Å². The lowest BCUT2D eigenvalue weighted by molar-refractivity contribution is -0.848. The molecule has 74 valence electrons. The van der Waals surface area contributed by atoms with E-state index in [9.17, 15) is 14.0 Å². The number of hydrogen-bond donors (Lipinski definition) is 1. The first kappa shape index (κ1) is 10.1. The molecule has 5 heteroatoms. The van der Waals surface area contributed by atoms with Crippen molar-refractivity contribution in [3.05, 3.63) is 0 Å². The van der Waals surface area contributed by atoms with Crippen molar-refractivity contribution in [1.29, 1.82) is 0 Å². The Bertz CT molecular complexity index is 233. The normalized spacial score (nSPS) is 38.9. The molecule has 0 bridgehead atoms. The molecule has 4 nitrogen and oxygen atoms in total. The smallest absolute Gasteiger partial charge is 0.363 e. The topological polar surface area (TPSA) is 54.4 Å². The summed E-state index contributed by atoms with van der Waals surface area (Å²) in [6.07, 6.45) is -0.674. The first-order valence-electron chi connectivity index (χ1n) is 4.25. The predicted octanol–water partition coefficient (Wildman–Crippen LogP) is 0.174. The minimum atomic E-state index is -1.17. The lowest BCUT2D eigenvalue weighted by Crippen LogP contribution is -2.54. The van der Waals surface area contributed by atoms with E-state index >= 15 is 0 Å². The number of rotatable bonds is 3. The van der Waals surface area contributed by atoms with Crippen LogP contribution in [-0.2, 0) is 9.59 Å². The van der Waals surface area contributed by atoms with Gasteiger partial charge in [0.2, 0.25) is 0 Å². The van der Waals surface area contributed by atoms with Crippen molar-refractivity contribution in [1.82, 2.24) is 0 Å². The van der Waals surface area contributed by atoms with E-state index in [2.05, 4.69) is 0 Å². The Morgan fingerprint density at radius 1 is 1.77 bits per heavy atom. The fourth-order valence-corrected chi connectivity index (χ4v) is 1.88. The van der Waals surface area contributed by atoms with Gasteiger partial charge in [0, 0.05) is 6.42 Å². The summed E-state index contributed by atoms with van der Waals surface area (Å²) < 4.78 is 12.7. The maximum atomic E-state index is 13.0. The third-order valence-corrected chi connectivity index (χ3v) is 2.72. The predicted molar refractivity (Wildman–Crippen MR) is 42.7 cm³/mol. The van der Waals surface area contributed by atoms with Gasteiger partial charge >= 0.3 is 12.4 Å². The highest BCUT2D eigenvalue weighted by atomic mass is 19.1. The molecule has 0 saturated carbocycles. The zero-order valence-electron chi connectivity index (χ0n) is 7.44. The van der Waals surface area contributed by atoms with Crippen LogP contribution in [0.5, 0.6) is 0 Å². The molecule has 1 saturated heterocycles. The number of carbonyl (C=O) groups excluding carboxylic acids is 1. The first-order chi connectivity index (χ1) is 6.05. The molecule has 0 aromatic heterocycles. The molecule has 13 heavy (non-hydrogen) atoms. The Kier molecular flexibility index (Phi) is 2.66. The van der Waals surface area contributed by atoms with Crippen LogP contribution in [0.4, 0.5) is 4.39 Å². The summed E-state index contributed by atoms with van der Waals surface area (Å²) in [7, 11) is 0. The highest BCUT2D eigenvalue weighted by molar-refractivity contribution is 5.74. The van der Waals surface area contributed by atoms with Gasteiger partial charge in [-0.05, 0) is 6.92 Å². The largest absolute Gasteiger partial charge is 0.477 e. The van der Waals surface area contributed by atoms with E-state index in [4.69, 9.17) is 5.11 Å². The number of amides is 1. The molecule has 0 spiro atoms. The molecule has 1 N–H and O–H groups in total. The summed E-state index contributed by atoms with van der Waals surface area (Å²) >= 11 is 0. The van der Waals surface area contributed by atoms with Gasteiger partial charge in [0.1, 0.15) is 6.54 Å². The fraction of sp³-hybridized carbons (Fsp3) is 0.750. The number of carboxylic acids is 1. The number of carbonyl (C=O) groups is 2. The number of likely N-dealkylation sites (N-methyl/N-ethyl adjacent to an activating group) is 1. The molecule has 0 aromatic rings. The summed E-state index contributed by atoms with van der Waals surface area (Å²) in [5.74, 6) is -1.09. The van der Waals surface area contributed by atoms with Crippen LogP contribution in [0.25, 0.3) is 0 Å². The molecule has 3 atom stereocenters. The van der Waals surface area contributed by atoms with Gasteiger partial charge in [-0.1, -0.05) is 0 Å². The number of likely N-dealkylation sites (tertiary alicyclic amines) is 1. The second kappa shape index (κ2) is 3.41. The molecule has 1 rings (SSSR count). The van der Waals surface area contributed by atoms with Crippen LogP contribution in [0.3, 0.4) is 0 Å². The van der Waals surface area contributed by atoms with Crippen molar-refractivity contribution in [2.75, 3.05) is 13.1 Å². The molecular weight excluding hydrogens is 177 g/mol. The highest BCUT2D eigenvalue weighted by Crippen LogP contribution is 2.27. The van der Waals surface area contributed by atoms with E-state index in [0.29, 0.717) is 13.0 Å². The standard InChI is InChI=1S/C8H12FNO3/c1-2-10(5-11)4-6(9)3-7(10)8(12)13/h5-7H,2-4H2,1H3/p+1. The van der Waals surface area contributed by atoms with Crippen LogP contribution in [0.15, 0.2) is 0 Å². The van der Waals surface area contributed by atoms with Crippen molar-refractivity contribution in [3.8, 4) is 0 Å². The zero-order valence-corrected chi connectivity index (χ0v) is 7.44. The van der Waals surface area contributed by atoms with Gasteiger partial charge in [-0.15, -0.1) is 0 Å². The Morgan fingerprint density at radius 2 is 2.38 bits per heavy atom. The minimum absolute atomic E-state index is 0.00301. The van der Waals surface area contributed by atoms with Crippen molar-refractivity contribution in [3.63, 3.8) is 0 Å². The molecule has 1 amide bonds. The second-order valence-corrected chi connectivity index (χ2v) is 3.39. The van der Waals surface area contributed by atoms with Crippen molar-refractivity contribution in [2.24, 2.45) is 0 Å². The quantitative estimate of drug-likeness (QED) is 0.510. The summed E-state index contributed by atoms with van der Waals surface area (Å²) in [4.78, 5) is 21.5. The minimum Gasteiger partial charge on any atom is -0.477 e.